The summed E-state index contributed by atoms with van der Waals surface area (Å²) in [6, 6.07) is 2.00. The molecule has 0 amide bonds. The first-order valence-corrected chi connectivity index (χ1v) is 9.08. The number of hydrogen-bond acceptors (Lipinski definition) is 6. The van der Waals surface area contributed by atoms with E-state index in [4.69, 9.17) is 11.0 Å². The first-order valence-electron chi connectivity index (χ1n) is 6.61. The molecule has 1 aromatic heterocycles. The van der Waals surface area contributed by atoms with Gasteiger partial charge in [-0.2, -0.15) is 5.26 Å². The van der Waals surface area contributed by atoms with Crippen LogP contribution < -0.4 is 10.6 Å². The Morgan fingerprint density at radius 2 is 1.95 bits per heavy atom. The van der Waals surface area contributed by atoms with Crippen molar-refractivity contribution in [1.29, 1.82) is 5.26 Å². The van der Waals surface area contributed by atoms with Gasteiger partial charge in [0.05, 0.1) is 11.4 Å². The standard InChI is InChI=1S/C13H19N3O2S2/c1-4-20(17,18)12-11(15)10(5-14)19-13(12)16-6-8(2)9(3)7-16/h8-9H,4,6-7,15H2,1-3H3. The Bertz CT molecular complexity index is 648. The smallest absolute Gasteiger partial charge is 0.183 e. The molecule has 1 aliphatic heterocycles. The Morgan fingerprint density at radius 1 is 1.40 bits per heavy atom. The minimum absolute atomic E-state index is 0.00918. The summed E-state index contributed by atoms with van der Waals surface area (Å²) in [5, 5.41) is 9.74. The van der Waals surface area contributed by atoms with Gasteiger partial charge in [0.15, 0.2) is 9.84 Å². The van der Waals surface area contributed by atoms with E-state index in [0.29, 0.717) is 21.7 Å². The van der Waals surface area contributed by atoms with Crippen LogP contribution in [0.5, 0.6) is 0 Å². The lowest BCUT2D eigenvalue weighted by molar-refractivity contribution is 0.494. The van der Waals surface area contributed by atoms with Crippen LogP contribution in [-0.2, 0) is 9.84 Å². The zero-order chi connectivity index (χ0) is 15.1. The number of nitriles is 1. The van der Waals surface area contributed by atoms with E-state index in [0.717, 1.165) is 13.1 Å². The van der Waals surface area contributed by atoms with Crippen molar-refractivity contribution in [2.45, 2.75) is 25.7 Å². The molecule has 0 bridgehead atoms. The predicted octanol–water partition coefficient (Wildman–Crippen LogP) is 2.09. The first kappa shape index (κ1) is 15.1. The van der Waals surface area contributed by atoms with E-state index in [1.54, 1.807) is 6.92 Å². The van der Waals surface area contributed by atoms with E-state index in [1.807, 2.05) is 6.07 Å². The number of nitrogens with two attached hydrogens (primary N) is 1. The summed E-state index contributed by atoms with van der Waals surface area (Å²) in [7, 11) is -3.43. The molecule has 110 valence electrons. The summed E-state index contributed by atoms with van der Waals surface area (Å²) in [4.78, 5) is 2.50. The van der Waals surface area contributed by atoms with E-state index >= 15 is 0 Å². The van der Waals surface area contributed by atoms with Crippen LogP contribution in [-0.4, -0.2) is 27.3 Å². The van der Waals surface area contributed by atoms with Crippen LogP contribution >= 0.6 is 11.3 Å². The Morgan fingerprint density at radius 3 is 2.40 bits per heavy atom. The van der Waals surface area contributed by atoms with Crippen molar-refractivity contribution in [3.8, 4) is 6.07 Å². The Hall–Kier alpha value is -1.26. The predicted molar refractivity (Wildman–Crippen MR) is 81.7 cm³/mol. The van der Waals surface area contributed by atoms with Gasteiger partial charge in [-0.1, -0.05) is 20.8 Å². The van der Waals surface area contributed by atoms with Crippen molar-refractivity contribution in [3.05, 3.63) is 4.88 Å². The highest BCUT2D eigenvalue weighted by molar-refractivity contribution is 7.91. The molecule has 2 atom stereocenters. The Balaban J connectivity index is 2.57. The molecule has 2 rings (SSSR count). The van der Waals surface area contributed by atoms with E-state index < -0.39 is 9.84 Å². The van der Waals surface area contributed by atoms with Gasteiger partial charge in [-0.15, -0.1) is 11.3 Å². The number of anilines is 2. The lowest BCUT2D eigenvalue weighted by Crippen LogP contribution is -2.21. The van der Waals surface area contributed by atoms with E-state index in [1.165, 1.54) is 11.3 Å². The normalized spacial score (nSPS) is 23.0. The van der Waals surface area contributed by atoms with Gasteiger partial charge < -0.3 is 10.6 Å². The maximum Gasteiger partial charge on any atom is 0.183 e. The summed E-state index contributed by atoms with van der Waals surface area (Å²) >= 11 is 1.19. The molecule has 5 nitrogen and oxygen atoms in total. The fourth-order valence-electron chi connectivity index (χ4n) is 2.45. The fourth-order valence-corrected chi connectivity index (χ4v) is 5.07. The van der Waals surface area contributed by atoms with Crippen LogP contribution in [0.15, 0.2) is 4.90 Å². The molecule has 0 spiro atoms. The number of rotatable bonds is 3. The SMILES string of the molecule is CCS(=O)(=O)c1c(N2CC(C)C(C)C2)sc(C#N)c1N. The second kappa shape index (κ2) is 5.26. The average molecular weight is 313 g/mol. The van der Waals surface area contributed by atoms with Crippen LogP contribution in [0.1, 0.15) is 25.6 Å². The molecule has 2 heterocycles. The number of nitrogen functional groups attached to an aromatic ring is 1. The zero-order valence-electron chi connectivity index (χ0n) is 11.9. The molecule has 1 saturated heterocycles. The van der Waals surface area contributed by atoms with Crippen molar-refractivity contribution in [1.82, 2.24) is 0 Å². The molecular weight excluding hydrogens is 294 g/mol. The van der Waals surface area contributed by atoms with Gasteiger partial charge in [-0.25, -0.2) is 8.42 Å². The fraction of sp³-hybridized carbons (Fsp3) is 0.615. The molecule has 2 N–H and O–H groups in total. The van der Waals surface area contributed by atoms with Gasteiger partial charge in [-0.05, 0) is 11.8 Å². The molecule has 7 heteroatoms. The lowest BCUT2D eigenvalue weighted by atomic mass is 10.0. The van der Waals surface area contributed by atoms with Gasteiger partial charge in [-0.3, -0.25) is 0 Å². The number of nitrogens with zero attached hydrogens (tertiary/aromatic N) is 2. The van der Waals surface area contributed by atoms with Crippen molar-refractivity contribution < 1.29 is 8.42 Å². The van der Waals surface area contributed by atoms with E-state index in [2.05, 4.69) is 18.7 Å². The Kier molecular flexibility index (Phi) is 3.98. The zero-order valence-corrected chi connectivity index (χ0v) is 13.5. The third kappa shape index (κ3) is 2.38. The number of sulfone groups is 1. The quantitative estimate of drug-likeness (QED) is 0.923. The molecule has 0 aromatic carbocycles. The van der Waals surface area contributed by atoms with Gasteiger partial charge in [0.25, 0.3) is 0 Å². The van der Waals surface area contributed by atoms with E-state index in [9.17, 15) is 8.42 Å². The van der Waals surface area contributed by atoms with Crippen molar-refractivity contribution in [3.63, 3.8) is 0 Å². The van der Waals surface area contributed by atoms with E-state index in [-0.39, 0.29) is 16.3 Å². The van der Waals surface area contributed by atoms with Crippen molar-refractivity contribution in [2.24, 2.45) is 11.8 Å². The maximum absolute atomic E-state index is 12.3. The van der Waals surface area contributed by atoms with Crippen LogP contribution in [0.2, 0.25) is 0 Å². The van der Waals surface area contributed by atoms with Crippen molar-refractivity contribution >= 4 is 31.9 Å². The van der Waals surface area contributed by atoms with Crippen LogP contribution in [0.4, 0.5) is 10.7 Å². The number of thiophene rings is 1. The molecule has 1 aromatic rings. The second-order valence-corrected chi connectivity index (χ2v) is 8.57. The largest absolute Gasteiger partial charge is 0.396 e. The third-order valence-corrected chi connectivity index (χ3v) is 7.05. The molecule has 1 fully saturated rings. The average Bonchev–Trinajstić information content (AvgIpc) is 2.90. The maximum atomic E-state index is 12.3. The molecular formula is C13H19N3O2S2. The van der Waals surface area contributed by atoms with Crippen LogP contribution in [0.3, 0.4) is 0 Å². The van der Waals surface area contributed by atoms with Gasteiger partial charge in [0.1, 0.15) is 20.8 Å². The third-order valence-electron chi connectivity index (χ3n) is 3.95. The monoisotopic (exact) mass is 313 g/mol. The topological polar surface area (TPSA) is 87.2 Å². The minimum atomic E-state index is -3.43. The van der Waals surface area contributed by atoms with Gasteiger partial charge in [0.2, 0.25) is 0 Å². The Labute approximate surface area is 123 Å². The van der Waals surface area contributed by atoms with Crippen LogP contribution in [0, 0.1) is 23.2 Å². The molecule has 2 unspecified atom stereocenters. The molecule has 0 aliphatic carbocycles. The van der Waals surface area contributed by atoms with Crippen molar-refractivity contribution in [2.75, 3.05) is 29.5 Å². The minimum Gasteiger partial charge on any atom is -0.396 e. The summed E-state index contributed by atoms with van der Waals surface area (Å²) < 4.78 is 24.6. The summed E-state index contributed by atoms with van der Waals surface area (Å²) in [6.07, 6.45) is 0. The van der Waals surface area contributed by atoms with Gasteiger partial charge >= 0.3 is 0 Å². The molecule has 0 saturated carbocycles. The molecule has 0 radical (unpaired) electrons. The molecule has 1 aliphatic rings. The number of hydrogen-bond donors (Lipinski definition) is 1. The van der Waals surface area contributed by atoms with Gasteiger partial charge in [0, 0.05) is 13.1 Å². The highest BCUT2D eigenvalue weighted by atomic mass is 32.2. The summed E-state index contributed by atoms with van der Waals surface area (Å²) in [5.41, 5.74) is 6.01. The lowest BCUT2D eigenvalue weighted by Gasteiger charge is -2.18. The highest BCUT2D eigenvalue weighted by Crippen LogP contribution is 2.43. The molecule has 20 heavy (non-hydrogen) atoms. The summed E-state index contributed by atoms with van der Waals surface area (Å²) in [6.45, 7) is 7.51. The summed E-state index contributed by atoms with van der Waals surface area (Å²) in [5.74, 6) is 0.993. The first-order chi connectivity index (χ1) is 9.31. The highest BCUT2D eigenvalue weighted by Gasteiger charge is 2.34. The second-order valence-electron chi connectivity index (χ2n) is 5.35. The van der Waals surface area contributed by atoms with Crippen LogP contribution in [0.25, 0.3) is 0 Å².